The predicted molar refractivity (Wildman–Crippen MR) is 115 cm³/mol. The van der Waals surface area contributed by atoms with Gasteiger partial charge in [0.2, 0.25) is 6.79 Å². The van der Waals surface area contributed by atoms with Gasteiger partial charge in [0.15, 0.2) is 11.5 Å². The highest BCUT2D eigenvalue weighted by Gasteiger charge is 2.47. The second-order valence-corrected chi connectivity index (χ2v) is 8.00. The van der Waals surface area contributed by atoms with Crippen molar-refractivity contribution in [3.8, 4) is 17.2 Å². The molecule has 0 aromatic heterocycles. The third kappa shape index (κ3) is 4.48. The summed E-state index contributed by atoms with van der Waals surface area (Å²) in [5.74, 6) is 0.631. The highest BCUT2D eigenvalue weighted by Crippen LogP contribution is 2.47. The maximum Gasteiger partial charge on any atom is 0.309 e. The molecule has 1 N–H and O–H groups in total. The molecule has 166 valence electrons. The number of ether oxygens (including phenoxy) is 4. The molecule has 2 aromatic rings. The molecule has 4 rings (SSSR count). The molecule has 3 atom stereocenters. The van der Waals surface area contributed by atoms with E-state index >= 15 is 0 Å². The molecule has 0 amide bonds. The minimum atomic E-state index is -0.789. The lowest BCUT2D eigenvalue weighted by molar-refractivity contribution is -0.143. The number of carboxylic acid groups (broad SMARTS) is 1. The van der Waals surface area contributed by atoms with Gasteiger partial charge in [0, 0.05) is 32.2 Å². The molecule has 2 aliphatic heterocycles. The van der Waals surface area contributed by atoms with Crippen LogP contribution in [-0.2, 0) is 9.53 Å². The molecular formula is C24H29NO6. The summed E-state index contributed by atoms with van der Waals surface area (Å²) in [5.41, 5.74) is 1.96. The SMILES string of the molecule is COCCCCN1CC(c2ccc3c(c2)OCO3)C(C(=O)O)C1c1ccc(OC)cc1. The van der Waals surface area contributed by atoms with E-state index in [1.54, 1.807) is 14.2 Å². The number of nitrogens with zero attached hydrogens (tertiary/aromatic N) is 1. The molecule has 31 heavy (non-hydrogen) atoms. The van der Waals surface area contributed by atoms with Gasteiger partial charge in [-0.1, -0.05) is 18.2 Å². The number of methoxy groups -OCH3 is 2. The first-order valence-corrected chi connectivity index (χ1v) is 10.6. The molecule has 2 heterocycles. The Morgan fingerprint density at radius 3 is 2.52 bits per heavy atom. The zero-order chi connectivity index (χ0) is 21.8. The van der Waals surface area contributed by atoms with E-state index in [0.29, 0.717) is 24.7 Å². The Kier molecular flexibility index (Phi) is 6.63. The third-order valence-corrected chi connectivity index (χ3v) is 6.21. The third-order valence-electron chi connectivity index (χ3n) is 6.21. The number of hydrogen-bond donors (Lipinski definition) is 1. The van der Waals surface area contributed by atoms with E-state index in [2.05, 4.69) is 4.90 Å². The van der Waals surface area contributed by atoms with Gasteiger partial charge in [-0.3, -0.25) is 9.69 Å². The number of rotatable bonds is 9. The van der Waals surface area contributed by atoms with Crippen LogP contribution in [0, 0.1) is 5.92 Å². The fraction of sp³-hybridized carbons (Fsp3) is 0.458. The topological polar surface area (TPSA) is 77.5 Å². The zero-order valence-corrected chi connectivity index (χ0v) is 18.0. The van der Waals surface area contributed by atoms with Gasteiger partial charge in [-0.05, 0) is 54.8 Å². The van der Waals surface area contributed by atoms with Gasteiger partial charge < -0.3 is 24.1 Å². The molecule has 0 radical (unpaired) electrons. The van der Waals surface area contributed by atoms with Crippen LogP contribution in [0.15, 0.2) is 42.5 Å². The van der Waals surface area contributed by atoms with Crippen LogP contribution >= 0.6 is 0 Å². The number of carboxylic acids is 1. The Labute approximate surface area is 182 Å². The normalized spacial score (nSPS) is 22.6. The summed E-state index contributed by atoms with van der Waals surface area (Å²) in [4.78, 5) is 14.8. The van der Waals surface area contributed by atoms with Gasteiger partial charge in [0.1, 0.15) is 5.75 Å². The van der Waals surface area contributed by atoms with Gasteiger partial charge in [-0.15, -0.1) is 0 Å². The van der Waals surface area contributed by atoms with Crippen molar-refractivity contribution in [3.05, 3.63) is 53.6 Å². The summed E-state index contributed by atoms with van der Waals surface area (Å²) in [6.45, 7) is 2.38. The fourth-order valence-electron chi connectivity index (χ4n) is 4.70. The van der Waals surface area contributed by atoms with Crippen molar-refractivity contribution in [2.24, 2.45) is 5.92 Å². The Morgan fingerprint density at radius 2 is 1.81 bits per heavy atom. The minimum absolute atomic E-state index is 0.151. The van der Waals surface area contributed by atoms with Crippen LogP contribution in [-0.4, -0.2) is 56.7 Å². The summed E-state index contributed by atoms with van der Waals surface area (Å²) in [7, 11) is 3.33. The smallest absolute Gasteiger partial charge is 0.309 e. The van der Waals surface area contributed by atoms with Crippen molar-refractivity contribution in [3.63, 3.8) is 0 Å². The minimum Gasteiger partial charge on any atom is -0.497 e. The van der Waals surface area contributed by atoms with Gasteiger partial charge >= 0.3 is 5.97 Å². The van der Waals surface area contributed by atoms with E-state index in [-0.39, 0.29) is 18.8 Å². The highest BCUT2D eigenvalue weighted by atomic mass is 16.7. The Hall–Kier alpha value is -2.77. The molecule has 0 bridgehead atoms. The van der Waals surface area contributed by atoms with Crippen molar-refractivity contribution in [1.29, 1.82) is 0 Å². The highest BCUT2D eigenvalue weighted by molar-refractivity contribution is 5.74. The maximum atomic E-state index is 12.5. The number of carbonyl (C=O) groups is 1. The van der Waals surface area contributed by atoms with Crippen molar-refractivity contribution in [2.75, 3.05) is 40.7 Å². The average Bonchev–Trinajstić information content (AvgIpc) is 3.41. The summed E-state index contributed by atoms with van der Waals surface area (Å²) >= 11 is 0. The largest absolute Gasteiger partial charge is 0.497 e. The van der Waals surface area contributed by atoms with E-state index < -0.39 is 11.9 Å². The van der Waals surface area contributed by atoms with Crippen molar-refractivity contribution >= 4 is 5.97 Å². The quantitative estimate of drug-likeness (QED) is 0.612. The lowest BCUT2D eigenvalue weighted by atomic mass is 9.82. The van der Waals surface area contributed by atoms with Crippen LogP contribution in [0.4, 0.5) is 0 Å². The molecule has 0 aliphatic carbocycles. The molecule has 1 fully saturated rings. The summed E-state index contributed by atoms with van der Waals surface area (Å²) in [6.07, 6.45) is 1.88. The average molecular weight is 427 g/mol. The lowest BCUT2D eigenvalue weighted by Crippen LogP contribution is -2.29. The first-order valence-electron chi connectivity index (χ1n) is 10.6. The predicted octanol–water partition coefficient (Wildman–Crippen LogP) is 3.69. The molecule has 0 spiro atoms. The number of benzene rings is 2. The maximum absolute atomic E-state index is 12.5. The van der Waals surface area contributed by atoms with E-state index in [0.717, 1.165) is 36.3 Å². The van der Waals surface area contributed by atoms with E-state index in [1.807, 2.05) is 42.5 Å². The van der Waals surface area contributed by atoms with E-state index in [4.69, 9.17) is 18.9 Å². The zero-order valence-electron chi connectivity index (χ0n) is 18.0. The Balaban J connectivity index is 1.66. The van der Waals surface area contributed by atoms with E-state index in [1.165, 1.54) is 0 Å². The van der Waals surface area contributed by atoms with Crippen molar-refractivity contribution in [1.82, 2.24) is 4.90 Å². The number of unbranched alkanes of at least 4 members (excludes halogenated alkanes) is 1. The van der Waals surface area contributed by atoms with Crippen LogP contribution in [0.3, 0.4) is 0 Å². The molecule has 1 saturated heterocycles. The molecule has 0 saturated carbocycles. The van der Waals surface area contributed by atoms with Crippen molar-refractivity contribution in [2.45, 2.75) is 24.8 Å². The van der Waals surface area contributed by atoms with Crippen LogP contribution in [0.2, 0.25) is 0 Å². The first-order chi connectivity index (χ1) is 15.1. The number of aliphatic carboxylic acids is 1. The van der Waals surface area contributed by atoms with Crippen LogP contribution in [0.25, 0.3) is 0 Å². The van der Waals surface area contributed by atoms with Crippen LogP contribution in [0.1, 0.15) is 35.9 Å². The van der Waals surface area contributed by atoms with Gasteiger partial charge in [-0.2, -0.15) is 0 Å². The Morgan fingerprint density at radius 1 is 1.06 bits per heavy atom. The molecule has 3 unspecified atom stereocenters. The second-order valence-electron chi connectivity index (χ2n) is 8.00. The molecule has 2 aromatic carbocycles. The number of fused-ring (bicyclic) bond motifs is 1. The lowest BCUT2D eigenvalue weighted by Gasteiger charge is -2.27. The summed E-state index contributed by atoms with van der Waals surface area (Å²) < 4.78 is 21.4. The Bertz CT molecular complexity index is 899. The molecule has 7 nitrogen and oxygen atoms in total. The molecular weight excluding hydrogens is 398 g/mol. The first kappa shape index (κ1) is 21.5. The molecule has 7 heteroatoms. The standard InChI is InChI=1S/C24H29NO6/c1-28-12-4-3-11-25-14-19(17-7-10-20-21(13-17)31-15-30-20)22(24(26)27)23(25)16-5-8-18(29-2)9-6-16/h5-10,13,19,22-23H,3-4,11-12,14-15H2,1-2H3,(H,26,27). The number of likely N-dealkylation sites (tertiary alicyclic amines) is 1. The molecule has 2 aliphatic rings. The monoisotopic (exact) mass is 427 g/mol. The van der Waals surface area contributed by atoms with Crippen LogP contribution < -0.4 is 14.2 Å². The summed E-state index contributed by atoms with van der Waals surface area (Å²) in [6, 6.07) is 13.3. The van der Waals surface area contributed by atoms with Crippen molar-refractivity contribution < 1.29 is 28.8 Å². The second kappa shape index (κ2) is 9.58. The summed E-state index contributed by atoms with van der Waals surface area (Å²) in [5, 5.41) is 10.3. The fourth-order valence-corrected chi connectivity index (χ4v) is 4.70. The van der Waals surface area contributed by atoms with Crippen LogP contribution in [0.5, 0.6) is 17.2 Å². The van der Waals surface area contributed by atoms with E-state index in [9.17, 15) is 9.90 Å². The van der Waals surface area contributed by atoms with Gasteiger partial charge in [-0.25, -0.2) is 0 Å². The van der Waals surface area contributed by atoms with Gasteiger partial charge in [0.05, 0.1) is 13.0 Å². The van der Waals surface area contributed by atoms with Gasteiger partial charge in [0.25, 0.3) is 0 Å². The number of hydrogen-bond acceptors (Lipinski definition) is 6.